The van der Waals surface area contributed by atoms with Gasteiger partial charge in [0.05, 0.1) is 0 Å². The number of allylic oxidation sites excluding steroid dienone is 1. The lowest BCUT2D eigenvalue weighted by atomic mass is 10.1. The monoisotopic (exact) mass is 211 g/mol. The second-order valence-corrected chi connectivity index (χ2v) is 3.61. The third-order valence-corrected chi connectivity index (χ3v) is 2.45. The van der Waals surface area contributed by atoms with Crippen LogP contribution in [0.5, 0.6) is 0 Å². The van der Waals surface area contributed by atoms with Crippen LogP contribution in [0.4, 0.5) is 0 Å². The van der Waals surface area contributed by atoms with Gasteiger partial charge in [-0.2, -0.15) is 0 Å². The molecule has 2 nitrogen and oxygen atoms in total. The van der Waals surface area contributed by atoms with Crippen LogP contribution < -0.4 is 0 Å². The van der Waals surface area contributed by atoms with Crippen LogP contribution in [-0.2, 0) is 7.05 Å². The van der Waals surface area contributed by atoms with E-state index >= 15 is 0 Å². The quantitative estimate of drug-likeness (QED) is 0.565. The Labute approximate surface area is 94.8 Å². The smallest absolute Gasteiger partial charge is 0.185 e. The molecule has 0 fully saturated rings. The maximum Gasteiger partial charge on any atom is 0.185 e. The van der Waals surface area contributed by atoms with Gasteiger partial charge in [0.2, 0.25) is 0 Å². The number of hydrogen-bond acceptors (Lipinski definition) is 1. The van der Waals surface area contributed by atoms with Crippen LogP contribution in [0.3, 0.4) is 0 Å². The van der Waals surface area contributed by atoms with Gasteiger partial charge in [0, 0.05) is 24.5 Å². The Kier molecular flexibility index (Phi) is 3.01. The Morgan fingerprint density at radius 2 is 1.88 bits per heavy atom. The summed E-state index contributed by atoms with van der Waals surface area (Å²) < 4.78 is 1.97. The molecule has 0 aliphatic heterocycles. The minimum Gasteiger partial charge on any atom is -0.351 e. The molecule has 1 aromatic carbocycles. The van der Waals surface area contributed by atoms with Crippen molar-refractivity contribution in [2.75, 3.05) is 0 Å². The van der Waals surface area contributed by atoms with Gasteiger partial charge in [-0.25, -0.2) is 0 Å². The summed E-state index contributed by atoms with van der Waals surface area (Å²) in [7, 11) is 1.95. The van der Waals surface area contributed by atoms with Crippen LogP contribution in [0.1, 0.15) is 16.1 Å². The zero-order chi connectivity index (χ0) is 11.4. The molecule has 0 unspecified atom stereocenters. The largest absolute Gasteiger partial charge is 0.351 e. The maximum absolute atomic E-state index is 11.8. The summed E-state index contributed by atoms with van der Waals surface area (Å²) >= 11 is 0. The van der Waals surface area contributed by atoms with Crippen LogP contribution in [0.15, 0.2) is 54.7 Å². The van der Waals surface area contributed by atoms with Crippen molar-refractivity contribution in [2.45, 2.75) is 0 Å². The molecule has 0 bridgehead atoms. The van der Waals surface area contributed by atoms with E-state index in [9.17, 15) is 4.79 Å². The summed E-state index contributed by atoms with van der Waals surface area (Å²) in [5.74, 6) is 0.0294. The molecule has 0 amide bonds. The van der Waals surface area contributed by atoms with Gasteiger partial charge in [0.25, 0.3) is 0 Å². The van der Waals surface area contributed by atoms with E-state index in [1.165, 1.54) is 0 Å². The number of carbonyl (C=O) groups excluding carboxylic acids is 1. The predicted molar refractivity (Wildman–Crippen MR) is 65.2 cm³/mol. The molecule has 1 aromatic heterocycles. The fourth-order valence-corrected chi connectivity index (χ4v) is 1.51. The topological polar surface area (TPSA) is 22.0 Å². The average molecular weight is 211 g/mol. The fraction of sp³-hybridized carbons (Fsp3) is 0.0714. The minimum absolute atomic E-state index is 0.0294. The Hall–Kier alpha value is -2.09. The highest BCUT2D eigenvalue weighted by molar-refractivity contribution is 6.06. The van der Waals surface area contributed by atoms with Gasteiger partial charge in [0.15, 0.2) is 5.78 Å². The molecule has 0 saturated carbocycles. The van der Waals surface area contributed by atoms with Crippen LogP contribution >= 0.6 is 0 Å². The molecule has 2 heteroatoms. The number of nitrogens with zero attached hydrogens (tertiary/aromatic N) is 1. The van der Waals surface area contributed by atoms with Crippen LogP contribution in [-0.4, -0.2) is 10.4 Å². The van der Waals surface area contributed by atoms with Gasteiger partial charge in [0.1, 0.15) is 0 Å². The summed E-state index contributed by atoms with van der Waals surface area (Å²) in [6.07, 6.45) is 5.38. The molecule has 2 rings (SSSR count). The molecule has 0 aliphatic rings. The summed E-state index contributed by atoms with van der Waals surface area (Å²) in [5, 5.41) is 0. The van der Waals surface area contributed by atoms with Crippen LogP contribution in [0.2, 0.25) is 0 Å². The molecule has 0 N–H and O–H groups in total. The molecular formula is C14H13NO. The van der Waals surface area contributed by atoms with E-state index in [0.717, 1.165) is 5.69 Å². The minimum atomic E-state index is 0.0294. The van der Waals surface area contributed by atoms with Gasteiger partial charge in [-0.15, -0.1) is 0 Å². The highest BCUT2D eigenvalue weighted by Gasteiger charge is 1.99. The van der Waals surface area contributed by atoms with Gasteiger partial charge >= 0.3 is 0 Å². The van der Waals surface area contributed by atoms with Gasteiger partial charge < -0.3 is 4.57 Å². The zero-order valence-electron chi connectivity index (χ0n) is 9.13. The normalized spacial score (nSPS) is 10.8. The van der Waals surface area contributed by atoms with E-state index < -0.39 is 0 Å². The Balaban J connectivity index is 2.15. The molecule has 16 heavy (non-hydrogen) atoms. The Morgan fingerprint density at radius 3 is 2.50 bits per heavy atom. The van der Waals surface area contributed by atoms with E-state index in [0.29, 0.717) is 5.56 Å². The summed E-state index contributed by atoms with van der Waals surface area (Å²) in [5.41, 5.74) is 1.73. The summed E-state index contributed by atoms with van der Waals surface area (Å²) in [6, 6.07) is 13.2. The van der Waals surface area contributed by atoms with E-state index in [-0.39, 0.29) is 5.78 Å². The fourth-order valence-electron chi connectivity index (χ4n) is 1.51. The molecule has 2 aromatic rings. The highest BCUT2D eigenvalue weighted by Crippen LogP contribution is 2.05. The van der Waals surface area contributed by atoms with Gasteiger partial charge in [-0.1, -0.05) is 30.3 Å². The Bertz CT molecular complexity index is 509. The number of carbonyl (C=O) groups is 1. The molecule has 0 spiro atoms. The van der Waals surface area contributed by atoms with Crippen molar-refractivity contribution in [3.8, 4) is 0 Å². The second-order valence-electron chi connectivity index (χ2n) is 3.61. The number of ketones is 1. The lowest BCUT2D eigenvalue weighted by molar-refractivity contribution is 0.104. The van der Waals surface area contributed by atoms with Crippen molar-refractivity contribution in [3.63, 3.8) is 0 Å². The second kappa shape index (κ2) is 4.62. The molecular weight excluding hydrogens is 198 g/mol. The first-order valence-corrected chi connectivity index (χ1v) is 5.16. The first-order chi connectivity index (χ1) is 7.77. The molecule has 0 aliphatic carbocycles. The number of hydrogen-bond donors (Lipinski definition) is 0. The molecule has 0 atom stereocenters. The van der Waals surface area contributed by atoms with E-state index in [1.54, 1.807) is 6.08 Å². The van der Waals surface area contributed by atoms with E-state index in [4.69, 9.17) is 0 Å². The SMILES string of the molecule is Cn1cccc1C=CC(=O)c1ccccc1. The van der Waals surface area contributed by atoms with Gasteiger partial charge in [-0.05, 0) is 24.3 Å². The first-order valence-electron chi connectivity index (χ1n) is 5.16. The third-order valence-electron chi connectivity index (χ3n) is 2.45. The van der Waals surface area contributed by atoms with E-state index in [2.05, 4.69) is 0 Å². The average Bonchev–Trinajstić information content (AvgIpc) is 2.73. The number of aryl methyl sites for hydroxylation is 1. The number of benzene rings is 1. The van der Waals surface area contributed by atoms with Crippen molar-refractivity contribution in [1.29, 1.82) is 0 Å². The lowest BCUT2D eigenvalue weighted by Gasteiger charge is -1.96. The van der Waals surface area contributed by atoms with Crippen molar-refractivity contribution in [1.82, 2.24) is 4.57 Å². The first kappa shape index (κ1) is 10.4. The summed E-state index contributed by atoms with van der Waals surface area (Å²) in [6.45, 7) is 0. The van der Waals surface area contributed by atoms with E-state index in [1.807, 2.05) is 66.4 Å². The van der Waals surface area contributed by atoms with Crippen molar-refractivity contribution < 1.29 is 4.79 Å². The van der Waals surface area contributed by atoms with Crippen molar-refractivity contribution >= 4 is 11.9 Å². The number of rotatable bonds is 3. The lowest BCUT2D eigenvalue weighted by Crippen LogP contribution is -1.94. The predicted octanol–water partition coefficient (Wildman–Crippen LogP) is 2.92. The van der Waals surface area contributed by atoms with Crippen LogP contribution in [0, 0.1) is 0 Å². The molecule has 80 valence electrons. The molecule has 0 saturated heterocycles. The van der Waals surface area contributed by atoms with Crippen molar-refractivity contribution in [2.24, 2.45) is 7.05 Å². The zero-order valence-corrected chi connectivity index (χ0v) is 9.13. The standard InChI is InChI=1S/C14H13NO/c1-15-11-5-8-13(15)9-10-14(16)12-6-3-2-4-7-12/h2-11H,1H3. The maximum atomic E-state index is 11.8. The van der Waals surface area contributed by atoms with Crippen LogP contribution in [0.25, 0.3) is 6.08 Å². The number of aromatic nitrogens is 1. The third kappa shape index (κ3) is 2.28. The highest BCUT2D eigenvalue weighted by atomic mass is 16.1. The summed E-state index contributed by atoms with van der Waals surface area (Å²) in [4.78, 5) is 11.8. The van der Waals surface area contributed by atoms with Gasteiger partial charge in [-0.3, -0.25) is 4.79 Å². The van der Waals surface area contributed by atoms with Crippen molar-refractivity contribution in [3.05, 3.63) is 66.0 Å². The molecule has 0 radical (unpaired) electrons. The Morgan fingerprint density at radius 1 is 1.12 bits per heavy atom. The molecule has 1 heterocycles.